The van der Waals surface area contributed by atoms with Crippen LogP contribution in [0.5, 0.6) is 0 Å². The standard InChI is InChI=1S/C8H9BrO3/c1-4(10)11-6-3-2-5(9)7-8(6)12-7/h2-3,5-8H,1H3/t5-,6-,7-,8+/m0/s1. The molecule has 2 rings (SSSR count). The summed E-state index contributed by atoms with van der Waals surface area (Å²) < 4.78 is 10.3. The Hall–Kier alpha value is -0.350. The molecule has 0 N–H and O–H groups in total. The number of halogens is 1. The molecule has 1 saturated heterocycles. The second-order valence-electron chi connectivity index (χ2n) is 2.97. The third-order valence-corrected chi connectivity index (χ3v) is 2.81. The molecule has 0 amide bonds. The van der Waals surface area contributed by atoms with Crippen molar-refractivity contribution in [3.8, 4) is 0 Å². The van der Waals surface area contributed by atoms with Crippen LogP contribution in [0.15, 0.2) is 12.2 Å². The average Bonchev–Trinajstić information content (AvgIpc) is 2.73. The van der Waals surface area contributed by atoms with Crippen LogP contribution >= 0.6 is 15.9 Å². The van der Waals surface area contributed by atoms with E-state index in [0.29, 0.717) is 0 Å². The van der Waals surface area contributed by atoms with Crippen molar-refractivity contribution in [2.45, 2.75) is 30.1 Å². The van der Waals surface area contributed by atoms with E-state index in [9.17, 15) is 4.79 Å². The van der Waals surface area contributed by atoms with Crippen LogP contribution in [-0.2, 0) is 14.3 Å². The molecule has 0 spiro atoms. The monoisotopic (exact) mass is 232 g/mol. The molecule has 3 nitrogen and oxygen atoms in total. The van der Waals surface area contributed by atoms with E-state index >= 15 is 0 Å². The zero-order chi connectivity index (χ0) is 8.72. The lowest BCUT2D eigenvalue weighted by Gasteiger charge is -2.14. The molecule has 0 radical (unpaired) electrons. The SMILES string of the molecule is CC(=O)O[C@H]1C=C[C@H](Br)[C@@H]2O[C@@H]21. The maximum Gasteiger partial charge on any atom is 0.303 e. The number of fused-ring (bicyclic) bond motifs is 1. The highest BCUT2D eigenvalue weighted by Gasteiger charge is 2.51. The lowest BCUT2D eigenvalue weighted by atomic mass is 10.1. The Bertz CT molecular complexity index is 238. The van der Waals surface area contributed by atoms with Crippen molar-refractivity contribution in [1.29, 1.82) is 0 Å². The summed E-state index contributed by atoms with van der Waals surface area (Å²) in [5.74, 6) is -0.257. The molecule has 12 heavy (non-hydrogen) atoms. The quantitative estimate of drug-likeness (QED) is 0.294. The number of esters is 1. The van der Waals surface area contributed by atoms with Gasteiger partial charge in [-0.3, -0.25) is 4.79 Å². The lowest BCUT2D eigenvalue weighted by molar-refractivity contribution is -0.144. The third-order valence-electron chi connectivity index (χ3n) is 1.99. The van der Waals surface area contributed by atoms with Crippen LogP contribution in [-0.4, -0.2) is 29.1 Å². The minimum Gasteiger partial charge on any atom is -0.455 e. The molecule has 1 aliphatic carbocycles. The van der Waals surface area contributed by atoms with Gasteiger partial charge in [-0.1, -0.05) is 22.0 Å². The van der Waals surface area contributed by atoms with E-state index < -0.39 is 0 Å². The minimum absolute atomic E-state index is 0.0725. The molecule has 1 aliphatic heterocycles. The summed E-state index contributed by atoms with van der Waals surface area (Å²) in [4.78, 5) is 10.9. The van der Waals surface area contributed by atoms with Gasteiger partial charge in [-0.15, -0.1) is 0 Å². The van der Waals surface area contributed by atoms with Gasteiger partial charge in [0.2, 0.25) is 0 Å². The number of hydrogen-bond donors (Lipinski definition) is 0. The maximum absolute atomic E-state index is 10.6. The van der Waals surface area contributed by atoms with Crippen molar-refractivity contribution in [2.75, 3.05) is 0 Å². The second kappa shape index (κ2) is 2.85. The van der Waals surface area contributed by atoms with Gasteiger partial charge in [0.25, 0.3) is 0 Å². The number of carbonyl (C=O) groups excluding carboxylic acids is 1. The molecule has 1 heterocycles. The van der Waals surface area contributed by atoms with Gasteiger partial charge in [0, 0.05) is 6.92 Å². The van der Waals surface area contributed by atoms with Crippen LogP contribution in [0.1, 0.15) is 6.92 Å². The van der Waals surface area contributed by atoms with Gasteiger partial charge < -0.3 is 9.47 Å². The highest BCUT2D eigenvalue weighted by atomic mass is 79.9. The maximum atomic E-state index is 10.6. The van der Waals surface area contributed by atoms with Crippen molar-refractivity contribution < 1.29 is 14.3 Å². The van der Waals surface area contributed by atoms with E-state index in [4.69, 9.17) is 9.47 Å². The molecule has 4 atom stereocenters. The van der Waals surface area contributed by atoms with Gasteiger partial charge >= 0.3 is 5.97 Å². The Kier molecular flexibility index (Phi) is 1.96. The summed E-state index contributed by atoms with van der Waals surface area (Å²) in [5, 5.41) is 0. The van der Waals surface area contributed by atoms with Gasteiger partial charge in [-0.05, 0) is 6.08 Å². The molecular weight excluding hydrogens is 224 g/mol. The highest BCUT2D eigenvalue weighted by molar-refractivity contribution is 9.09. The Morgan fingerprint density at radius 3 is 2.92 bits per heavy atom. The van der Waals surface area contributed by atoms with Crippen LogP contribution in [0.25, 0.3) is 0 Å². The molecule has 0 saturated carbocycles. The van der Waals surface area contributed by atoms with E-state index in [1.54, 1.807) is 0 Å². The fourth-order valence-corrected chi connectivity index (χ4v) is 1.99. The van der Waals surface area contributed by atoms with Gasteiger partial charge in [0.1, 0.15) is 18.3 Å². The Morgan fingerprint density at radius 2 is 2.25 bits per heavy atom. The minimum atomic E-state index is -0.257. The van der Waals surface area contributed by atoms with Crippen LogP contribution in [0.3, 0.4) is 0 Å². The van der Waals surface area contributed by atoms with Gasteiger partial charge in [0.15, 0.2) is 0 Å². The summed E-state index contributed by atoms with van der Waals surface area (Å²) in [5.41, 5.74) is 0. The average molecular weight is 233 g/mol. The first kappa shape index (κ1) is 8.26. The van der Waals surface area contributed by atoms with Crippen LogP contribution in [0.4, 0.5) is 0 Å². The lowest BCUT2D eigenvalue weighted by Crippen LogP contribution is -2.27. The first-order chi connectivity index (χ1) is 5.68. The molecular formula is C8H9BrO3. The molecule has 66 valence electrons. The zero-order valence-corrected chi connectivity index (χ0v) is 8.15. The van der Waals surface area contributed by atoms with E-state index in [-0.39, 0.29) is 29.1 Å². The predicted molar refractivity (Wildman–Crippen MR) is 46.1 cm³/mol. The Balaban J connectivity index is 2.00. The van der Waals surface area contributed by atoms with E-state index in [2.05, 4.69) is 15.9 Å². The summed E-state index contributed by atoms with van der Waals surface area (Å²) in [6.07, 6.45) is 3.92. The van der Waals surface area contributed by atoms with Crippen molar-refractivity contribution in [3.05, 3.63) is 12.2 Å². The first-order valence-electron chi connectivity index (χ1n) is 3.83. The number of ether oxygens (including phenoxy) is 2. The summed E-state index contributed by atoms with van der Waals surface area (Å²) in [6.45, 7) is 1.41. The Labute approximate surface area is 78.8 Å². The summed E-state index contributed by atoms with van der Waals surface area (Å²) in [6, 6.07) is 0. The van der Waals surface area contributed by atoms with Gasteiger partial charge in [-0.2, -0.15) is 0 Å². The van der Waals surface area contributed by atoms with Gasteiger partial charge in [0.05, 0.1) is 4.83 Å². The molecule has 2 aliphatic rings. The summed E-state index contributed by atoms with van der Waals surface area (Å²) in [7, 11) is 0. The summed E-state index contributed by atoms with van der Waals surface area (Å²) >= 11 is 3.44. The molecule has 1 fully saturated rings. The van der Waals surface area contributed by atoms with Crippen LogP contribution in [0.2, 0.25) is 0 Å². The topological polar surface area (TPSA) is 38.8 Å². The molecule has 0 aromatic rings. The van der Waals surface area contributed by atoms with Crippen molar-refractivity contribution in [1.82, 2.24) is 0 Å². The van der Waals surface area contributed by atoms with Crippen molar-refractivity contribution in [2.24, 2.45) is 0 Å². The normalized spacial score (nSPS) is 43.5. The fourth-order valence-electron chi connectivity index (χ4n) is 1.39. The number of rotatable bonds is 1. The Morgan fingerprint density at radius 1 is 1.50 bits per heavy atom. The molecule has 0 aromatic heterocycles. The predicted octanol–water partition coefficient (Wildman–Crippen LogP) is 1.02. The highest BCUT2D eigenvalue weighted by Crippen LogP contribution is 2.38. The van der Waals surface area contributed by atoms with Gasteiger partial charge in [-0.25, -0.2) is 0 Å². The largest absolute Gasteiger partial charge is 0.455 e. The molecule has 0 bridgehead atoms. The number of alkyl halides is 1. The number of hydrogen-bond acceptors (Lipinski definition) is 3. The van der Waals surface area contributed by atoms with E-state index in [1.165, 1.54) is 6.92 Å². The zero-order valence-electron chi connectivity index (χ0n) is 6.57. The fraction of sp³-hybridized carbons (Fsp3) is 0.625. The number of epoxide rings is 1. The van der Waals surface area contributed by atoms with E-state index in [0.717, 1.165) is 0 Å². The molecule has 0 unspecified atom stereocenters. The molecule has 4 heteroatoms. The van der Waals surface area contributed by atoms with Crippen molar-refractivity contribution >= 4 is 21.9 Å². The smallest absolute Gasteiger partial charge is 0.303 e. The third kappa shape index (κ3) is 1.41. The van der Waals surface area contributed by atoms with E-state index in [1.807, 2.05) is 12.2 Å². The second-order valence-corrected chi connectivity index (χ2v) is 4.03. The van der Waals surface area contributed by atoms with Crippen molar-refractivity contribution in [3.63, 3.8) is 0 Å². The molecule has 0 aromatic carbocycles. The van der Waals surface area contributed by atoms with Crippen LogP contribution < -0.4 is 0 Å². The first-order valence-corrected chi connectivity index (χ1v) is 4.75. The van der Waals surface area contributed by atoms with Crippen LogP contribution in [0, 0.1) is 0 Å². The number of carbonyl (C=O) groups is 1.